The molecule has 2 aliphatic rings. The Balaban J connectivity index is 1.75. The third kappa shape index (κ3) is 2.89. The molecule has 2 nitrogen and oxygen atoms in total. The monoisotopic (exact) mass is 287 g/mol. The molecule has 0 atom stereocenters. The number of nitrogens with one attached hydrogen (secondary N) is 1. The predicted octanol–water partition coefficient (Wildman–Crippen LogP) is 3.82. The van der Waals surface area contributed by atoms with Crippen molar-refractivity contribution in [3.8, 4) is 0 Å². The van der Waals surface area contributed by atoms with Crippen molar-refractivity contribution >= 4 is 0 Å². The number of methoxy groups -OCH3 is 1. The summed E-state index contributed by atoms with van der Waals surface area (Å²) in [7, 11) is 1.77. The molecule has 2 saturated carbocycles. The fourth-order valence-electron chi connectivity index (χ4n) is 4.94. The molecule has 0 aromatic heterocycles. The fraction of sp³-hybridized carbons (Fsp3) is 0.684. The molecule has 0 amide bonds. The molecule has 0 bridgehead atoms. The summed E-state index contributed by atoms with van der Waals surface area (Å²) in [5.74, 6) is 0. The van der Waals surface area contributed by atoms with Gasteiger partial charge in [-0.25, -0.2) is 0 Å². The predicted molar refractivity (Wildman–Crippen MR) is 87.7 cm³/mol. The molecule has 1 spiro atoms. The van der Waals surface area contributed by atoms with Gasteiger partial charge in [0.15, 0.2) is 0 Å². The number of hydrogen-bond donors (Lipinski definition) is 1. The molecule has 3 rings (SSSR count). The Morgan fingerprint density at radius 3 is 2.52 bits per heavy atom. The van der Waals surface area contributed by atoms with Crippen LogP contribution >= 0.6 is 0 Å². The first-order chi connectivity index (χ1) is 10.2. The van der Waals surface area contributed by atoms with Gasteiger partial charge in [0.1, 0.15) is 0 Å². The molecule has 116 valence electrons. The van der Waals surface area contributed by atoms with Gasteiger partial charge in [-0.2, -0.15) is 0 Å². The van der Waals surface area contributed by atoms with E-state index in [1.54, 1.807) is 12.7 Å². The van der Waals surface area contributed by atoms with E-state index in [-0.39, 0.29) is 0 Å². The summed E-state index contributed by atoms with van der Waals surface area (Å²) in [5, 5.41) is 3.64. The highest BCUT2D eigenvalue weighted by Crippen LogP contribution is 2.63. The topological polar surface area (TPSA) is 21.3 Å². The van der Waals surface area contributed by atoms with Crippen LogP contribution in [0.3, 0.4) is 0 Å². The summed E-state index contributed by atoms with van der Waals surface area (Å²) in [6.45, 7) is 5.13. The molecular formula is C19H29NO. The first-order valence-electron chi connectivity index (χ1n) is 8.46. The zero-order chi connectivity index (χ0) is 14.8. The highest BCUT2D eigenvalue weighted by atomic mass is 16.5. The van der Waals surface area contributed by atoms with Gasteiger partial charge in [0.2, 0.25) is 0 Å². The Bertz CT molecular complexity index is 468. The fourth-order valence-corrected chi connectivity index (χ4v) is 4.94. The van der Waals surface area contributed by atoms with Crippen molar-refractivity contribution in [2.24, 2.45) is 5.41 Å². The van der Waals surface area contributed by atoms with Crippen LogP contribution in [-0.4, -0.2) is 26.8 Å². The maximum absolute atomic E-state index is 5.17. The van der Waals surface area contributed by atoms with Crippen LogP contribution in [0.1, 0.15) is 49.7 Å². The lowest BCUT2D eigenvalue weighted by molar-refractivity contribution is 0.0256. The zero-order valence-corrected chi connectivity index (χ0v) is 13.6. The summed E-state index contributed by atoms with van der Waals surface area (Å²) >= 11 is 0. The maximum atomic E-state index is 5.17. The summed E-state index contributed by atoms with van der Waals surface area (Å²) in [5.41, 5.74) is 4.07. The van der Waals surface area contributed by atoms with Gasteiger partial charge in [-0.05, 0) is 49.1 Å². The van der Waals surface area contributed by atoms with E-state index < -0.39 is 0 Å². The number of benzene rings is 1. The minimum atomic E-state index is 0.365. The van der Waals surface area contributed by atoms with Gasteiger partial charge < -0.3 is 10.1 Å². The van der Waals surface area contributed by atoms with Gasteiger partial charge in [0.05, 0.1) is 6.61 Å². The van der Waals surface area contributed by atoms with Crippen molar-refractivity contribution in [1.82, 2.24) is 5.32 Å². The highest BCUT2D eigenvalue weighted by Gasteiger charge is 2.55. The van der Waals surface area contributed by atoms with Gasteiger partial charge in [-0.1, -0.05) is 37.1 Å². The summed E-state index contributed by atoms with van der Waals surface area (Å²) in [6.07, 6.45) is 8.56. The lowest BCUT2D eigenvalue weighted by Crippen LogP contribution is -2.54. The molecule has 1 aromatic rings. The molecule has 2 heteroatoms. The first kappa shape index (κ1) is 15.1. The number of rotatable bonds is 6. The second-order valence-corrected chi connectivity index (χ2v) is 7.33. The second kappa shape index (κ2) is 6.10. The first-order valence-corrected chi connectivity index (χ1v) is 8.46. The minimum Gasteiger partial charge on any atom is -0.383 e. The third-order valence-corrected chi connectivity index (χ3v) is 5.75. The van der Waals surface area contributed by atoms with E-state index in [1.165, 1.54) is 44.1 Å². The molecule has 0 heterocycles. The average molecular weight is 287 g/mol. The van der Waals surface area contributed by atoms with E-state index >= 15 is 0 Å². The van der Waals surface area contributed by atoms with Crippen molar-refractivity contribution in [3.05, 3.63) is 35.4 Å². The van der Waals surface area contributed by atoms with Crippen LogP contribution in [0, 0.1) is 12.3 Å². The van der Waals surface area contributed by atoms with Crippen LogP contribution in [0.5, 0.6) is 0 Å². The van der Waals surface area contributed by atoms with E-state index in [9.17, 15) is 0 Å². The third-order valence-electron chi connectivity index (χ3n) is 5.75. The van der Waals surface area contributed by atoms with Crippen molar-refractivity contribution in [2.75, 3.05) is 26.8 Å². The zero-order valence-electron chi connectivity index (χ0n) is 13.6. The summed E-state index contributed by atoms with van der Waals surface area (Å²) in [6, 6.07) is 8.99. The molecule has 1 aromatic carbocycles. The standard InChI is InChI=1S/C19H29NO/c1-16-7-3-4-8-17(16)19(15-20-11-12-21-2)13-18(14-19)9-5-6-10-18/h3-4,7-8,20H,5-6,9-15H2,1-2H3. The Labute approximate surface area is 129 Å². The lowest BCUT2D eigenvalue weighted by atomic mass is 9.49. The second-order valence-electron chi connectivity index (χ2n) is 7.33. The number of hydrogen-bond acceptors (Lipinski definition) is 2. The quantitative estimate of drug-likeness (QED) is 0.803. The van der Waals surface area contributed by atoms with Gasteiger partial charge >= 0.3 is 0 Å². The molecule has 0 unspecified atom stereocenters. The van der Waals surface area contributed by atoms with Crippen LogP contribution in [0.15, 0.2) is 24.3 Å². The lowest BCUT2D eigenvalue weighted by Gasteiger charge is -2.56. The molecule has 0 aliphatic heterocycles. The van der Waals surface area contributed by atoms with E-state index in [2.05, 4.69) is 36.5 Å². The SMILES string of the molecule is COCCNCC1(c2ccccc2C)CC2(CCCC2)C1. The van der Waals surface area contributed by atoms with Crippen molar-refractivity contribution in [1.29, 1.82) is 0 Å². The van der Waals surface area contributed by atoms with Gasteiger partial charge in [-0.3, -0.25) is 0 Å². The molecular weight excluding hydrogens is 258 g/mol. The van der Waals surface area contributed by atoms with E-state index in [0.717, 1.165) is 19.7 Å². The Morgan fingerprint density at radius 1 is 1.14 bits per heavy atom. The maximum Gasteiger partial charge on any atom is 0.0587 e. The van der Waals surface area contributed by atoms with E-state index in [4.69, 9.17) is 4.74 Å². The van der Waals surface area contributed by atoms with Crippen molar-refractivity contribution < 1.29 is 4.74 Å². The number of ether oxygens (including phenoxy) is 1. The molecule has 21 heavy (non-hydrogen) atoms. The van der Waals surface area contributed by atoms with Crippen LogP contribution in [-0.2, 0) is 10.2 Å². The molecule has 0 radical (unpaired) electrons. The smallest absolute Gasteiger partial charge is 0.0587 e. The minimum absolute atomic E-state index is 0.365. The Morgan fingerprint density at radius 2 is 1.86 bits per heavy atom. The largest absolute Gasteiger partial charge is 0.383 e. The van der Waals surface area contributed by atoms with Gasteiger partial charge in [0.25, 0.3) is 0 Å². The van der Waals surface area contributed by atoms with Crippen LogP contribution in [0.4, 0.5) is 0 Å². The normalized spacial score (nSPS) is 22.4. The van der Waals surface area contributed by atoms with Gasteiger partial charge in [0, 0.05) is 25.6 Å². The number of aryl methyl sites for hydroxylation is 1. The van der Waals surface area contributed by atoms with Crippen molar-refractivity contribution in [3.63, 3.8) is 0 Å². The Hall–Kier alpha value is -0.860. The molecule has 2 fully saturated rings. The van der Waals surface area contributed by atoms with Gasteiger partial charge in [-0.15, -0.1) is 0 Å². The van der Waals surface area contributed by atoms with Crippen molar-refractivity contribution in [2.45, 2.75) is 50.9 Å². The highest BCUT2D eigenvalue weighted by molar-refractivity contribution is 5.38. The van der Waals surface area contributed by atoms with Crippen LogP contribution < -0.4 is 5.32 Å². The molecule has 1 N–H and O–H groups in total. The Kier molecular flexibility index (Phi) is 4.37. The molecule has 2 aliphatic carbocycles. The average Bonchev–Trinajstić information content (AvgIpc) is 2.92. The summed E-state index contributed by atoms with van der Waals surface area (Å²) < 4.78 is 5.17. The summed E-state index contributed by atoms with van der Waals surface area (Å²) in [4.78, 5) is 0. The van der Waals surface area contributed by atoms with E-state index in [1.807, 2.05) is 0 Å². The van der Waals surface area contributed by atoms with Crippen LogP contribution in [0.25, 0.3) is 0 Å². The van der Waals surface area contributed by atoms with E-state index in [0.29, 0.717) is 10.8 Å². The van der Waals surface area contributed by atoms with Crippen LogP contribution in [0.2, 0.25) is 0 Å². The molecule has 0 saturated heterocycles.